The van der Waals surface area contributed by atoms with Gasteiger partial charge in [-0.25, -0.2) is 4.18 Å². The van der Waals surface area contributed by atoms with E-state index in [4.69, 9.17) is 14.0 Å². The van der Waals surface area contributed by atoms with Gasteiger partial charge in [0.05, 0.1) is 6.61 Å². The Bertz CT molecular complexity index is 1050. The van der Waals surface area contributed by atoms with E-state index in [0.717, 1.165) is 5.56 Å². The Hall–Kier alpha value is -2.71. The van der Waals surface area contributed by atoms with E-state index in [2.05, 4.69) is 4.18 Å². The Morgan fingerprint density at radius 2 is 1.53 bits per heavy atom. The van der Waals surface area contributed by atoms with E-state index < -0.39 is 47.7 Å². The fourth-order valence-corrected chi connectivity index (χ4v) is 3.29. The SMILES string of the molecule is O=S(=O)(O)OCC1OC(Oc2cc(O)cc(/C=C\c3ccc(O)cc3)c2)C(O)C(O)C1O. The maximum atomic E-state index is 10.8. The normalized spacial score (nSPS) is 26.3. The molecule has 1 fully saturated rings. The minimum Gasteiger partial charge on any atom is -0.508 e. The molecule has 0 aliphatic carbocycles. The van der Waals surface area contributed by atoms with Crippen LogP contribution in [0.15, 0.2) is 42.5 Å². The fourth-order valence-electron chi connectivity index (χ4n) is 2.99. The monoisotopic (exact) mass is 470 g/mol. The molecule has 6 N–H and O–H groups in total. The molecule has 5 unspecified atom stereocenters. The van der Waals surface area contributed by atoms with Crippen molar-refractivity contribution in [3.8, 4) is 17.2 Å². The molecule has 1 heterocycles. The molecule has 0 radical (unpaired) electrons. The van der Waals surface area contributed by atoms with E-state index >= 15 is 0 Å². The van der Waals surface area contributed by atoms with Crippen molar-refractivity contribution in [2.24, 2.45) is 0 Å². The molecule has 1 aliphatic rings. The van der Waals surface area contributed by atoms with Crippen molar-refractivity contribution in [2.75, 3.05) is 6.61 Å². The molecule has 1 saturated heterocycles. The van der Waals surface area contributed by atoms with Crippen molar-refractivity contribution in [3.05, 3.63) is 53.6 Å². The third-order valence-electron chi connectivity index (χ3n) is 4.58. The summed E-state index contributed by atoms with van der Waals surface area (Å²) >= 11 is 0. The molecule has 0 saturated carbocycles. The number of phenols is 2. The molecule has 12 heteroatoms. The first-order chi connectivity index (χ1) is 15.0. The molecule has 11 nitrogen and oxygen atoms in total. The first kappa shape index (κ1) is 23.9. The van der Waals surface area contributed by atoms with Gasteiger partial charge in [0, 0.05) is 6.07 Å². The van der Waals surface area contributed by atoms with Crippen LogP contribution < -0.4 is 4.74 Å². The maximum Gasteiger partial charge on any atom is 0.397 e. The minimum atomic E-state index is -4.83. The van der Waals surface area contributed by atoms with Crippen LogP contribution >= 0.6 is 0 Å². The molecule has 2 aromatic rings. The lowest BCUT2D eigenvalue weighted by molar-refractivity contribution is -0.276. The van der Waals surface area contributed by atoms with Crippen molar-refractivity contribution in [1.29, 1.82) is 0 Å². The van der Waals surface area contributed by atoms with Crippen LogP contribution in [0.4, 0.5) is 0 Å². The van der Waals surface area contributed by atoms with Gasteiger partial charge < -0.3 is 35.0 Å². The van der Waals surface area contributed by atoms with Crippen LogP contribution in [0.25, 0.3) is 12.2 Å². The van der Waals surface area contributed by atoms with Gasteiger partial charge in [0.2, 0.25) is 6.29 Å². The Balaban J connectivity index is 1.75. The van der Waals surface area contributed by atoms with Crippen LogP contribution in [0.3, 0.4) is 0 Å². The van der Waals surface area contributed by atoms with Gasteiger partial charge in [-0.05, 0) is 35.4 Å². The van der Waals surface area contributed by atoms with Gasteiger partial charge in [0.1, 0.15) is 41.7 Å². The van der Waals surface area contributed by atoms with Crippen LogP contribution in [0.5, 0.6) is 17.2 Å². The van der Waals surface area contributed by atoms with Gasteiger partial charge in [-0.3, -0.25) is 4.55 Å². The van der Waals surface area contributed by atoms with Crippen LogP contribution in [-0.2, 0) is 19.3 Å². The van der Waals surface area contributed by atoms with Gasteiger partial charge in [-0.2, -0.15) is 8.42 Å². The zero-order chi connectivity index (χ0) is 23.5. The van der Waals surface area contributed by atoms with E-state index in [9.17, 15) is 34.0 Å². The van der Waals surface area contributed by atoms with E-state index in [1.165, 1.54) is 30.3 Å². The molecule has 5 atom stereocenters. The Kier molecular flexibility index (Phi) is 7.36. The van der Waals surface area contributed by atoms with E-state index in [0.29, 0.717) is 5.56 Å². The standard InChI is InChI=1S/C20H22O11S/c21-13-5-3-11(4-6-13)1-2-12-7-14(22)9-15(8-12)30-20-19(25)18(24)17(23)16(31-20)10-29-32(26,27)28/h1-9,16-25H,10H2,(H,26,27,28)/b2-1-. The first-order valence-electron chi connectivity index (χ1n) is 9.31. The minimum absolute atomic E-state index is 0.0393. The average molecular weight is 470 g/mol. The quantitative estimate of drug-likeness (QED) is 0.241. The topological polar surface area (TPSA) is 183 Å². The van der Waals surface area contributed by atoms with Gasteiger partial charge in [0.25, 0.3) is 0 Å². The summed E-state index contributed by atoms with van der Waals surface area (Å²) in [6.07, 6.45) is -4.85. The third-order valence-corrected chi connectivity index (χ3v) is 5.01. The highest BCUT2D eigenvalue weighted by Gasteiger charge is 2.45. The summed E-state index contributed by atoms with van der Waals surface area (Å²) in [6, 6.07) is 10.5. The molecular weight excluding hydrogens is 448 g/mol. The number of aliphatic hydroxyl groups is 3. The molecule has 0 amide bonds. The number of rotatable bonds is 7. The number of hydrogen-bond donors (Lipinski definition) is 6. The average Bonchev–Trinajstić information content (AvgIpc) is 2.72. The lowest BCUT2D eigenvalue weighted by atomic mass is 9.99. The predicted octanol–water partition coefficient (Wildman–Crippen LogP) is 0.274. The molecule has 32 heavy (non-hydrogen) atoms. The van der Waals surface area contributed by atoms with Crippen molar-refractivity contribution in [1.82, 2.24) is 0 Å². The smallest absolute Gasteiger partial charge is 0.397 e. The van der Waals surface area contributed by atoms with E-state index in [1.54, 1.807) is 24.3 Å². The summed E-state index contributed by atoms with van der Waals surface area (Å²) < 4.78 is 45.2. The second-order valence-corrected chi connectivity index (χ2v) is 8.12. The zero-order valence-corrected chi connectivity index (χ0v) is 17.2. The van der Waals surface area contributed by atoms with E-state index in [1.807, 2.05) is 0 Å². The van der Waals surface area contributed by atoms with Crippen molar-refractivity contribution in [3.63, 3.8) is 0 Å². The van der Waals surface area contributed by atoms with Crippen LogP contribution in [0.2, 0.25) is 0 Å². The maximum absolute atomic E-state index is 10.8. The van der Waals surface area contributed by atoms with Crippen LogP contribution in [0.1, 0.15) is 11.1 Å². The highest BCUT2D eigenvalue weighted by atomic mass is 32.3. The molecular formula is C20H22O11S. The molecule has 174 valence electrons. The number of ether oxygens (including phenoxy) is 2. The highest BCUT2D eigenvalue weighted by molar-refractivity contribution is 7.80. The highest BCUT2D eigenvalue weighted by Crippen LogP contribution is 2.28. The third kappa shape index (κ3) is 6.40. The predicted molar refractivity (Wildman–Crippen MR) is 110 cm³/mol. The number of phenolic OH excluding ortho intramolecular Hbond substituents is 2. The van der Waals surface area contributed by atoms with Gasteiger partial charge >= 0.3 is 10.4 Å². The second-order valence-electron chi connectivity index (χ2n) is 7.03. The summed E-state index contributed by atoms with van der Waals surface area (Å²) in [5, 5.41) is 49.5. The molecule has 0 bridgehead atoms. The Morgan fingerprint density at radius 3 is 2.19 bits per heavy atom. The lowest BCUT2D eigenvalue weighted by Gasteiger charge is -2.39. The van der Waals surface area contributed by atoms with Crippen molar-refractivity contribution in [2.45, 2.75) is 30.7 Å². The summed E-state index contributed by atoms with van der Waals surface area (Å²) in [6.45, 7) is -0.843. The van der Waals surface area contributed by atoms with E-state index in [-0.39, 0.29) is 17.2 Å². The fraction of sp³-hybridized carbons (Fsp3) is 0.300. The van der Waals surface area contributed by atoms with Gasteiger partial charge in [0.15, 0.2) is 0 Å². The molecule has 1 aliphatic heterocycles. The number of aromatic hydroxyl groups is 2. The Labute approximate surface area is 183 Å². The summed E-state index contributed by atoms with van der Waals surface area (Å²) in [7, 11) is -4.83. The van der Waals surface area contributed by atoms with Gasteiger partial charge in [-0.1, -0.05) is 24.3 Å². The van der Waals surface area contributed by atoms with Gasteiger partial charge in [-0.15, -0.1) is 0 Å². The molecule has 0 aromatic heterocycles. The van der Waals surface area contributed by atoms with Crippen molar-refractivity contribution >= 4 is 22.6 Å². The number of benzene rings is 2. The molecule has 3 rings (SSSR count). The van der Waals surface area contributed by atoms with Crippen LogP contribution in [0, 0.1) is 0 Å². The summed E-state index contributed by atoms with van der Waals surface area (Å²) in [5.74, 6) is -0.0173. The molecule has 2 aromatic carbocycles. The zero-order valence-electron chi connectivity index (χ0n) is 16.4. The summed E-state index contributed by atoms with van der Waals surface area (Å²) in [4.78, 5) is 0. The largest absolute Gasteiger partial charge is 0.508 e. The Morgan fingerprint density at radius 1 is 0.875 bits per heavy atom. The lowest BCUT2D eigenvalue weighted by Crippen LogP contribution is -2.60. The molecule has 0 spiro atoms. The first-order valence-corrected chi connectivity index (χ1v) is 10.7. The summed E-state index contributed by atoms with van der Waals surface area (Å²) in [5.41, 5.74) is 1.28. The number of aliphatic hydroxyl groups excluding tert-OH is 3. The van der Waals surface area contributed by atoms with Crippen LogP contribution in [-0.4, -0.2) is 75.8 Å². The second kappa shape index (κ2) is 9.83. The number of hydrogen-bond acceptors (Lipinski definition) is 10. The van der Waals surface area contributed by atoms with Crippen molar-refractivity contribution < 1.29 is 52.2 Å².